The van der Waals surface area contributed by atoms with E-state index in [0.717, 1.165) is 11.1 Å². The van der Waals surface area contributed by atoms with Crippen LogP contribution in [-0.4, -0.2) is 18.5 Å². The molecule has 126 valence electrons. The van der Waals surface area contributed by atoms with E-state index < -0.39 is 0 Å². The van der Waals surface area contributed by atoms with Crippen molar-refractivity contribution >= 4 is 29.2 Å². The zero-order chi connectivity index (χ0) is 17.4. The molecule has 0 spiro atoms. The highest BCUT2D eigenvalue weighted by atomic mass is 35.5. The first-order chi connectivity index (χ1) is 11.6. The summed E-state index contributed by atoms with van der Waals surface area (Å²) < 4.78 is 5.15. The van der Waals surface area contributed by atoms with E-state index in [1.807, 2.05) is 37.3 Å². The van der Waals surface area contributed by atoms with E-state index in [4.69, 9.17) is 16.3 Å². The zero-order valence-corrected chi connectivity index (χ0v) is 14.3. The number of amides is 1. The molecule has 0 bridgehead atoms. The summed E-state index contributed by atoms with van der Waals surface area (Å²) in [5, 5.41) is 3.35. The molecule has 24 heavy (non-hydrogen) atoms. The standard InChI is InChI=1S/C19H20ClNO3/c1-14-16(20)8-5-9-17(14)21-18(22)10-11-19(23)24-13-12-15-6-3-2-4-7-15/h2-9H,10-13H2,1H3,(H,21,22). The van der Waals surface area contributed by atoms with E-state index >= 15 is 0 Å². The van der Waals surface area contributed by atoms with E-state index in [2.05, 4.69) is 5.32 Å². The molecular weight excluding hydrogens is 326 g/mol. The number of ether oxygens (including phenoxy) is 1. The fourth-order valence-electron chi connectivity index (χ4n) is 2.17. The minimum atomic E-state index is -0.371. The number of carbonyl (C=O) groups is 2. The van der Waals surface area contributed by atoms with E-state index in [-0.39, 0.29) is 24.7 Å². The van der Waals surface area contributed by atoms with Crippen LogP contribution in [0.1, 0.15) is 24.0 Å². The number of rotatable bonds is 7. The first-order valence-electron chi connectivity index (χ1n) is 7.81. The van der Waals surface area contributed by atoms with Crippen LogP contribution in [0.4, 0.5) is 5.69 Å². The van der Waals surface area contributed by atoms with Crippen molar-refractivity contribution in [3.8, 4) is 0 Å². The van der Waals surface area contributed by atoms with Gasteiger partial charge < -0.3 is 10.1 Å². The van der Waals surface area contributed by atoms with Crippen molar-refractivity contribution < 1.29 is 14.3 Å². The molecule has 2 aromatic rings. The summed E-state index contributed by atoms with van der Waals surface area (Å²) in [6.45, 7) is 2.15. The van der Waals surface area contributed by atoms with Crippen molar-refractivity contribution in [2.75, 3.05) is 11.9 Å². The lowest BCUT2D eigenvalue weighted by atomic mass is 10.2. The zero-order valence-electron chi connectivity index (χ0n) is 13.5. The van der Waals surface area contributed by atoms with Crippen molar-refractivity contribution in [3.63, 3.8) is 0 Å². The van der Waals surface area contributed by atoms with Crippen LogP contribution in [0.3, 0.4) is 0 Å². The first-order valence-corrected chi connectivity index (χ1v) is 8.18. The Balaban J connectivity index is 1.69. The maximum atomic E-state index is 11.9. The van der Waals surface area contributed by atoms with Gasteiger partial charge in [0.15, 0.2) is 0 Å². The van der Waals surface area contributed by atoms with Gasteiger partial charge in [0.05, 0.1) is 13.0 Å². The maximum Gasteiger partial charge on any atom is 0.306 e. The van der Waals surface area contributed by atoms with Gasteiger partial charge in [-0.25, -0.2) is 0 Å². The SMILES string of the molecule is Cc1c(Cl)cccc1NC(=O)CCC(=O)OCCc1ccccc1. The average Bonchev–Trinajstić information content (AvgIpc) is 2.58. The highest BCUT2D eigenvalue weighted by Gasteiger charge is 2.10. The minimum Gasteiger partial charge on any atom is -0.465 e. The molecular formula is C19H20ClNO3. The molecule has 0 aliphatic rings. The molecule has 2 aromatic carbocycles. The summed E-state index contributed by atoms with van der Waals surface area (Å²) in [6.07, 6.45) is 0.802. The molecule has 1 amide bonds. The summed E-state index contributed by atoms with van der Waals surface area (Å²) in [5.74, 6) is -0.607. The third kappa shape index (κ3) is 5.70. The number of esters is 1. The van der Waals surface area contributed by atoms with E-state index in [0.29, 0.717) is 23.7 Å². The van der Waals surface area contributed by atoms with Gasteiger partial charge in [0.1, 0.15) is 0 Å². The fourth-order valence-corrected chi connectivity index (χ4v) is 2.35. The molecule has 1 N–H and O–H groups in total. The monoisotopic (exact) mass is 345 g/mol. The molecule has 2 rings (SSSR count). The number of hydrogen-bond donors (Lipinski definition) is 1. The van der Waals surface area contributed by atoms with Crippen molar-refractivity contribution in [2.24, 2.45) is 0 Å². The van der Waals surface area contributed by atoms with Crippen LogP contribution in [0, 0.1) is 6.92 Å². The molecule has 0 aliphatic heterocycles. The summed E-state index contributed by atoms with van der Waals surface area (Å²) in [5.41, 5.74) is 2.57. The highest BCUT2D eigenvalue weighted by Crippen LogP contribution is 2.23. The van der Waals surface area contributed by atoms with Crippen LogP contribution in [0.25, 0.3) is 0 Å². The lowest BCUT2D eigenvalue weighted by Gasteiger charge is -2.09. The van der Waals surface area contributed by atoms with Crippen molar-refractivity contribution in [2.45, 2.75) is 26.2 Å². The molecule has 0 unspecified atom stereocenters. The third-order valence-corrected chi connectivity index (χ3v) is 4.00. The van der Waals surface area contributed by atoms with Gasteiger partial charge in [0, 0.05) is 23.6 Å². The molecule has 0 saturated carbocycles. The third-order valence-electron chi connectivity index (χ3n) is 3.59. The van der Waals surface area contributed by atoms with Crippen LogP contribution in [0.15, 0.2) is 48.5 Å². The fraction of sp³-hybridized carbons (Fsp3) is 0.263. The Morgan fingerprint density at radius 1 is 1.04 bits per heavy atom. The van der Waals surface area contributed by atoms with Crippen molar-refractivity contribution in [1.82, 2.24) is 0 Å². The second-order valence-electron chi connectivity index (χ2n) is 5.42. The molecule has 0 radical (unpaired) electrons. The smallest absolute Gasteiger partial charge is 0.306 e. The summed E-state index contributed by atoms with van der Waals surface area (Å²) in [6, 6.07) is 15.1. The normalized spacial score (nSPS) is 10.2. The Labute approximate surface area is 146 Å². The van der Waals surface area contributed by atoms with Crippen molar-refractivity contribution in [3.05, 3.63) is 64.7 Å². The molecule has 0 aromatic heterocycles. The number of anilines is 1. The Morgan fingerprint density at radius 2 is 1.79 bits per heavy atom. The van der Waals surface area contributed by atoms with Gasteiger partial charge in [-0.05, 0) is 30.2 Å². The van der Waals surface area contributed by atoms with Gasteiger partial charge in [-0.15, -0.1) is 0 Å². The van der Waals surface area contributed by atoms with Gasteiger partial charge in [-0.1, -0.05) is 48.0 Å². The van der Waals surface area contributed by atoms with Gasteiger partial charge in [-0.2, -0.15) is 0 Å². The number of benzene rings is 2. The average molecular weight is 346 g/mol. The van der Waals surface area contributed by atoms with E-state index in [1.165, 1.54) is 0 Å². The van der Waals surface area contributed by atoms with E-state index in [1.54, 1.807) is 18.2 Å². The Hall–Kier alpha value is -2.33. The Morgan fingerprint density at radius 3 is 2.54 bits per heavy atom. The van der Waals surface area contributed by atoms with Crippen LogP contribution >= 0.6 is 11.6 Å². The predicted molar refractivity (Wildman–Crippen MR) is 95.2 cm³/mol. The van der Waals surface area contributed by atoms with Gasteiger partial charge >= 0.3 is 5.97 Å². The molecule has 0 aliphatic carbocycles. The quantitative estimate of drug-likeness (QED) is 0.767. The van der Waals surface area contributed by atoms with E-state index in [9.17, 15) is 9.59 Å². The number of carbonyl (C=O) groups excluding carboxylic acids is 2. The summed E-state index contributed by atoms with van der Waals surface area (Å²) in [7, 11) is 0. The molecule has 0 fully saturated rings. The molecule has 4 nitrogen and oxygen atoms in total. The molecule has 0 heterocycles. The van der Waals surface area contributed by atoms with Gasteiger partial charge in [0.2, 0.25) is 5.91 Å². The lowest BCUT2D eigenvalue weighted by Crippen LogP contribution is -2.15. The second-order valence-corrected chi connectivity index (χ2v) is 5.82. The molecule has 5 heteroatoms. The van der Waals surface area contributed by atoms with Crippen molar-refractivity contribution in [1.29, 1.82) is 0 Å². The van der Waals surface area contributed by atoms with Crippen LogP contribution in [-0.2, 0) is 20.7 Å². The number of nitrogens with one attached hydrogen (secondary N) is 1. The molecule has 0 saturated heterocycles. The summed E-state index contributed by atoms with van der Waals surface area (Å²) in [4.78, 5) is 23.6. The largest absolute Gasteiger partial charge is 0.465 e. The number of hydrogen-bond acceptors (Lipinski definition) is 3. The minimum absolute atomic E-state index is 0.0558. The Bertz CT molecular complexity index is 701. The predicted octanol–water partition coefficient (Wildman–Crippen LogP) is 4.15. The van der Waals surface area contributed by atoms with Gasteiger partial charge in [0.25, 0.3) is 0 Å². The number of halogens is 1. The second kappa shape index (κ2) is 9.08. The van der Waals surface area contributed by atoms with Crippen LogP contribution in [0.5, 0.6) is 0 Å². The maximum absolute atomic E-state index is 11.9. The van der Waals surface area contributed by atoms with Crippen LogP contribution < -0.4 is 5.32 Å². The summed E-state index contributed by atoms with van der Waals surface area (Å²) >= 11 is 6.01. The Kier molecular flexibility index (Phi) is 6.82. The first kappa shape index (κ1) is 18.0. The topological polar surface area (TPSA) is 55.4 Å². The molecule has 0 atom stereocenters. The van der Waals surface area contributed by atoms with Gasteiger partial charge in [-0.3, -0.25) is 9.59 Å². The lowest BCUT2D eigenvalue weighted by molar-refractivity contribution is -0.144. The van der Waals surface area contributed by atoms with Crippen LogP contribution in [0.2, 0.25) is 5.02 Å². The highest BCUT2D eigenvalue weighted by molar-refractivity contribution is 6.31.